The SMILES string of the molecule is CCNC(=NCC1(NC(C)c2ccccc2)CCCC1)N1CCCC(CC(N)=O)C1.I. The number of aliphatic imine (C=N–C) groups is 1. The van der Waals surface area contributed by atoms with Gasteiger partial charge in [0.1, 0.15) is 0 Å². The molecule has 31 heavy (non-hydrogen) atoms. The summed E-state index contributed by atoms with van der Waals surface area (Å²) in [6, 6.07) is 11.0. The van der Waals surface area contributed by atoms with Crippen LogP contribution < -0.4 is 16.4 Å². The number of nitrogens with zero attached hydrogens (tertiary/aromatic N) is 2. The molecule has 4 N–H and O–H groups in total. The number of hydrogen-bond acceptors (Lipinski definition) is 3. The predicted molar refractivity (Wildman–Crippen MR) is 139 cm³/mol. The van der Waals surface area contributed by atoms with E-state index in [-0.39, 0.29) is 35.4 Å². The molecule has 7 heteroatoms. The number of carbonyl (C=O) groups excluding carboxylic acids is 1. The van der Waals surface area contributed by atoms with Gasteiger partial charge in [0, 0.05) is 37.6 Å². The van der Waals surface area contributed by atoms with Crippen LogP contribution in [-0.2, 0) is 4.79 Å². The summed E-state index contributed by atoms with van der Waals surface area (Å²) in [7, 11) is 0. The van der Waals surface area contributed by atoms with Crippen molar-refractivity contribution in [2.45, 2.75) is 70.4 Å². The zero-order valence-corrected chi connectivity index (χ0v) is 21.4. The molecular formula is C24H40IN5O. The molecule has 6 nitrogen and oxygen atoms in total. The zero-order chi connectivity index (χ0) is 21.4. The highest BCUT2D eigenvalue weighted by Crippen LogP contribution is 2.33. The van der Waals surface area contributed by atoms with Crippen molar-refractivity contribution >= 4 is 35.8 Å². The smallest absolute Gasteiger partial charge is 0.217 e. The van der Waals surface area contributed by atoms with Crippen molar-refractivity contribution in [1.29, 1.82) is 0 Å². The Labute approximate surface area is 204 Å². The van der Waals surface area contributed by atoms with Crippen molar-refractivity contribution in [1.82, 2.24) is 15.5 Å². The fraction of sp³-hybridized carbons (Fsp3) is 0.667. The molecule has 1 saturated heterocycles. The first-order chi connectivity index (χ1) is 14.5. The molecule has 2 atom stereocenters. The molecule has 2 fully saturated rings. The maximum Gasteiger partial charge on any atom is 0.217 e. The number of halogens is 1. The van der Waals surface area contributed by atoms with Gasteiger partial charge in [0.15, 0.2) is 5.96 Å². The molecule has 0 spiro atoms. The van der Waals surface area contributed by atoms with Crippen LogP contribution in [0.5, 0.6) is 0 Å². The molecular weight excluding hydrogens is 501 g/mol. The van der Waals surface area contributed by atoms with Gasteiger partial charge >= 0.3 is 0 Å². The van der Waals surface area contributed by atoms with Gasteiger partial charge in [-0.1, -0.05) is 43.2 Å². The highest BCUT2D eigenvalue weighted by Gasteiger charge is 2.35. The zero-order valence-electron chi connectivity index (χ0n) is 19.1. The van der Waals surface area contributed by atoms with Crippen LogP contribution >= 0.6 is 24.0 Å². The fourth-order valence-corrected chi connectivity index (χ4v) is 5.04. The largest absolute Gasteiger partial charge is 0.370 e. The van der Waals surface area contributed by atoms with Crippen LogP contribution in [0.4, 0.5) is 0 Å². The van der Waals surface area contributed by atoms with E-state index in [0.29, 0.717) is 18.4 Å². The first-order valence-electron chi connectivity index (χ1n) is 11.7. The monoisotopic (exact) mass is 541 g/mol. The predicted octanol–water partition coefficient (Wildman–Crippen LogP) is 3.82. The minimum atomic E-state index is -0.201. The topological polar surface area (TPSA) is 82.8 Å². The van der Waals surface area contributed by atoms with Crippen LogP contribution in [0, 0.1) is 5.92 Å². The molecule has 1 amide bonds. The molecule has 0 aromatic heterocycles. The van der Waals surface area contributed by atoms with E-state index in [1.165, 1.54) is 18.4 Å². The molecule has 2 unspecified atom stereocenters. The minimum absolute atomic E-state index is 0. The van der Waals surface area contributed by atoms with Crippen LogP contribution in [0.1, 0.15) is 70.4 Å². The maximum absolute atomic E-state index is 11.4. The van der Waals surface area contributed by atoms with Gasteiger partial charge < -0.3 is 21.3 Å². The Bertz CT molecular complexity index is 705. The van der Waals surface area contributed by atoms with Crippen LogP contribution in [-0.4, -0.2) is 48.5 Å². The maximum atomic E-state index is 11.4. The van der Waals surface area contributed by atoms with Crippen LogP contribution in [0.25, 0.3) is 0 Å². The Morgan fingerprint density at radius 2 is 1.97 bits per heavy atom. The molecule has 174 valence electrons. The van der Waals surface area contributed by atoms with Gasteiger partial charge in [-0.15, -0.1) is 24.0 Å². The molecule has 2 aliphatic rings. The molecule has 1 aromatic rings. The van der Waals surface area contributed by atoms with Gasteiger partial charge in [-0.25, -0.2) is 0 Å². The summed E-state index contributed by atoms with van der Waals surface area (Å²) in [5.74, 6) is 1.11. The number of rotatable bonds is 8. The summed E-state index contributed by atoms with van der Waals surface area (Å²) in [4.78, 5) is 18.8. The van der Waals surface area contributed by atoms with Gasteiger partial charge in [-0.05, 0) is 51.0 Å². The standard InChI is InChI=1S/C24H39N5O.HI/c1-3-26-23(29-15-9-10-20(17-29)16-22(25)30)27-18-24(13-7-8-14-24)28-19(2)21-11-5-4-6-12-21;/h4-6,11-12,19-20,28H,3,7-10,13-18H2,1-2H3,(H2,25,30)(H,26,27);1H. The summed E-state index contributed by atoms with van der Waals surface area (Å²) >= 11 is 0. The van der Waals surface area contributed by atoms with Gasteiger partial charge in [0.25, 0.3) is 0 Å². The number of likely N-dealkylation sites (tertiary alicyclic amines) is 1. The molecule has 1 aromatic carbocycles. The van der Waals surface area contributed by atoms with Crippen molar-refractivity contribution in [2.24, 2.45) is 16.6 Å². The molecule has 1 saturated carbocycles. The number of primary amides is 1. The third-order valence-electron chi connectivity index (χ3n) is 6.56. The fourth-order valence-electron chi connectivity index (χ4n) is 5.04. The number of amides is 1. The highest BCUT2D eigenvalue weighted by atomic mass is 127. The number of hydrogen-bond donors (Lipinski definition) is 3. The van der Waals surface area contributed by atoms with Crippen LogP contribution in [0.2, 0.25) is 0 Å². The lowest BCUT2D eigenvalue weighted by Crippen LogP contribution is -2.50. The number of carbonyl (C=O) groups is 1. The van der Waals surface area contributed by atoms with E-state index < -0.39 is 0 Å². The number of piperidine rings is 1. The quantitative estimate of drug-likeness (QED) is 0.266. The van der Waals surface area contributed by atoms with Crippen LogP contribution in [0.3, 0.4) is 0 Å². The summed E-state index contributed by atoms with van der Waals surface area (Å²) < 4.78 is 0. The molecule has 0 bridgehead atoms. The van der Waals surface area contributed by atoms with E-state index in [1.54, 1.807) is 0 Å². The lowest BCUT2D eigenvalue weighted by atomic mass is 9.94. The normalized spacial score (nSPS) is 21.9. The van der Waals surface area contributed by atoms with Crippen molar-refractivity contribution in [3.8, 4) is 0 Å². The van der Waals surface area contributed by atoms with Crippen molar-refractivity contribution < 1.29 is 4.79 Å². The lowest BCUT2D eigenvalue weighted by Gasteiger charge is -2.36. The van der Waals surface area contributed by atoms with Gasteiger partial charge in [-0.3, -0.25) is 9.79 Å². The van der Waals surface area contributed by atoms with E-state index in [2.05, 4.69) is 59.7 Å². The summed E-state index contributed by atoms with van der Waals surface area (Å²) in [6.45, 7) is 7.84. The van der Waals surface area contributed by atoms with E-state index in [9.17, 15) is 4.79 Å². The molecule has 1 aliphatic heterocycles. The summed E-state index contributed by atoms with van der Waals surface area (Å²) in [5.41, 5.74) is 6.82. The van der Waals surface area contributed by atoms with Crippen molar-refractivity contribution in [3.05, 3.63) is 35.9 Å². The van der Waals surface area contributed by atoms with Gasteiger partial charge in [0.2, 0.25) is 5.91 Å². The Morgan fingerprint density at radius 3 is 2.61 bits per heavy atom. The summed E-state index contributed by atoms with van der Waals surface area (Å²) in [5, 5.41) is 7.41. The molecule has 1 aliphatic carbocycles. The molecule has 0 radical (unpaired) electrons. The molecule has 3 rings (SSSR count). The van der Waals surface area contributed by atoms with E-state index in [1.807, 2.05) is 0 Å². The molecule has 1 heterocycles. The third kappa shape index (κ3) is 7.63. The van der Waals surface area contributed by atoms with E-state index >= 15 is 0 Å². The minimum Gasteiger partial charge on any atom is -0.370 e. The van der Waals surface area contributed by atoms with Gasteiger partial charge in [0.05, 0.1) is 6.54 Å². The second-order valence-electron chi connectivity index (χ2n) is 9.06. The number of benzene rings is 1. The lowest BCUT2D eigenvalue weighted by molar-refractivity contribution is -0.119. The number of nitrogens with one attached hydrogen (secondary N) is 2. The average Bonchev–Trinajstić information content (AvgIpc) is 3.20. The average molecular weight is 542 g/mol. The number of nitrogens with two attached hydrogens (primary N) is 1. The first-order valence-corrected chi connectivity index (χ1v) is 11.7. The number of guanidine groups is 1. The second kappa shape index (κ2) is 12.6. The Hall–Kier alpha value is -1.35. The van der Waals surface area contributed by atoms with E-state index in [0.717, 1.165) is 57.8 Å². The van der Waals surface area contributed by atoms with Crippen LogP contribution in [0.15, 0.2) is 35.3 Å². The summed E-state index contributed by atoms with van der Waals surface area (Å²) in [6.07, 6.45) is 7.45. The van der Waals surface area contributed by atoms with Crippen molar-refractivity contribution in [2.75, 3.05) is 26.2 Å². The Balaban J connectivity index is 0.00000341. The Kier molecular flexibility index (Phi) is 10.6. The third-order valence-corrected chi connectivity index (χ3v) is 6.56. The second-order valence-corrected chi connectivity index (χ2v) is 9.06. The van der Waals surface area contributed by atoms with E-state index in [4.69, 9.17) is 10.7 Å². The Morgan fingerprint density at radius 1 is 1.26 bits per heavy atom. The first kappa shape index (κ1) is 25.9. The van der Waals surface area contributed by atoms with Crippen molar-refractivity contribution in [3.63, 3.8) is 0 Å². The van der Waals surface area contributed by atoms with Gasteiger partial charge in [-0.2, -0.15) is 0 Å². The highest BCUT2D eigenvalue weighted by molar-refractivity contribution is 14.0.